The van der Waals surface area contributed by atoms with Crippen molar-refractivity contribution in [2.45, 2.75) is 53.0 Å². The van der Waals surface area contributed by atoms with Crippen LogP contribution in [0.1, 0.15) is 43.0 Å². The molecule has 0 atom stereocenters. The molecule has 0 aromatic carbocycles. The SMILES string of the molecule is Cc1nc2sc3c(c2c(=O)n1CC(C)(C)C(=O)O)CCCC3. The van der Waals surface area contributed by atoms with E-state index in [9.17, 15) is 14.7 Å². The monoisotopic (exact) mass is 320 g/mol. The normalized spacial score (nSPS) is 15.0. The van der Waals surface area contributed by atoms with E-state index in [1.807, 2.05) is 0 Å². The topological polar surface area (TPSA) is 72.2 Å². The van der Waals surface area contributed by atoms with E-state index in [1.165, 1.54) is 15.9 Å². The van der Waals surface area contributed by atoms with Gasteiger partial charge in [0.1, 0.15) is 10.7 Å². The van der Waals surface area contributed by atoms with E-state index >= 15 is 0 Å². The summed E-state index contributed by atoms with van der Waals surface area (Å²) >= 11 is 1.62. The maximum absolute atomic E-state index is 12.9. The van der Waals surface area contributed by atoms with Crippen LogP contribution in [-0.4, -0.2) is 20.6 Å². The fourth-order valence-electron chi connectivity index (χ4n) is 2.99. The number of carboxylic acid groups (broad SMARTS) is 1. The smallest absolute Gasteiger partial charge is 0.310 e. The summed E-state index contributed by atoms with van der Waals surface area (Å²) in [5.41, 5.74) is 0.0573. The van der Waals surface area contributed by atoms with Crippen molar-refractivity contribution in [2.75, 3.05) is 0 Å². The lowest BCUT2D eigenvalue weighted by Crippen LogP contribution is -2.35. The van der Waals surface area contributed by atoms with Crippen molar-refractivity contribution in [1.82, 2.24) is 9.55 Å². The maximum atomic E-state index is 12.9. The summed E-state index contributed by atoms with van der Waals surface area (Å²) in [6.45, 7) is 5.18. The van der Waals surface area contributed by atoms with Crippen LogP contribution >= 0.6 is 11.3 Å². The van der Waals surface area contributed by atoms with Crippen molar-refractivity contribution in [3.05, 3.63) is 26.6 Å². The quantitative estimate of drug-likeness (QED) is 0.944. The van der Waals surface area contributed by atoms with Crippen molar-refractivity contribution < 1.29 is 9.90 Å². The lowest BCUT2D eigenvalue weighted by molar-refractivity contribution is -0.147. The number of carboxylic acids is 1. The Labute approximate surface area is 132 Å². The third kappa shape index (κ3) is 2.35. The zero-order chi connectivity index (χ0) is 16.1. The molecular weight excluding hydrogens is 300 g/mol. The highest BCUT2D eigenvalue weighted by Gasteiger charge is 2.30. The van der Waals surface area contributed by atoms with Gasteiger partial charge >= 0.3 is 5.97 Å². The largest absolute Gasteiger partial charge is 0.481 e. The third-order valence-electron chi connectivity index (χ3n) is 4.40. The van der Waals surface area contributed by atoms with Gasteiger partial charge in [0.05, 0.1) is 10.8 Å². The van der Waals surface area contributed by atoms with Gasteiger partial charge in [-0.25, -0.2) is 4.98 Å². The number of aliphatic carboxylic acids is 1. The van der Waals surface area contributed by atoms with Crippen molar-refractivity contribution in [1.29, 1.82) is 0 Å². The van der Waals surface area contributed by atoms with Crippen LogP contribution in [0, 0.1) is 12.3 Å². The van der Waals surface area contributed by atoms with Crippen LogP contribution in [0.15, 0.2) is 4.79 Å². The molecule has 22 heavy (non-hydrogen) atoms. The molecule has 0 saturated heterocycles. The van der Waals surface area contributed by atoms with Gasteiger partial charge in [0, 0.05) is 11.4 Å². The van der Waals surface area contributed by atoms with E-state index in [-0.39, 0.29) is 12.1 Å². The van der Waals surface area contributed by atoms with Crippen LogP contribution < -0.4 is 5.56 Å². The molecule has 5 nitrogen and oxygen atoms in total. The fourth-order valence-corrected chi connectivity index (χ4v) is 4.29. The van der Waals surface area contributed by atoms with Crippen LogP contribution in [-0.2, 0) is 24.2 Å². The second kappa shape index (κ2) is 5.19. The molecule has 0 amide bonds. The maximum Gasteiger partial charge on any atom is 0.310 e. The molecule has 0 radical (unpaired) electrons. The average Bonchev–Trinajstić information content (AvgIpc) is 2.81. The number of aryl methyl sites for hydroxylation is 3. The number of hydrogen-bond acceptors (Lipinski definition) is 4. The fraction of sp³-hybridized carbons (Fsp3) is 0.562. The molecule has 118 valence electrons. The molecule has 1 N–H and O–H groups in total. The molecule has 0 unspecified atom stereocenters. The Morgan fingerprint density at radius 3 is 2.73 bits per heavy atom. The molecule has 1 aliphatic rings. The Hall–Kier alpha value is -1.69. The molecule has 3 rings (SSSR count). The number of nitrogens with zero attached hydrogens (tertiary/aromatic N) is 2. The predicted molar refractivity (Wildman–Crippen MR) is 86.7 cm³/mol. The highest BCUT2D eigenvalue weighted by atomic mass is 32.1. The number of rotatable bonds is 3. The summed E-state index contributed by atoms with van der Waals surface area (Å²) in [5.74, 6) is -0.323. The van der Waals surface area contributed by atoms with Gasteiger partial charge in [-0.3, -0.25) is 14.2 Å². The Morgan fingerprint density at radius 2 is 2.05 bits per heavy atom. The van der Waals surface area contributed by atoms with Gasteiger partial charge in [0.15, 0.2) is 0 Å². The Morgan fingerprint density at radius 1 is 1.36 bits per heavy atom. The lowest BCUT2D eigenvalue weighted by Gasteiger charge is -2.21. The van der Waals surface area contributed by atoms with Crippen LogP contribution in [0.3, 0.4) is 0 Å². The molecule has 2 aromatic heterocycles. The first kappa shape index (κ1) is 15.2. The minimum Gasteiger partial charge on any atom is -0.481 e. The molecule has 1 aliphatic carbocycles. The minimum atomic E-state index is -1.000. The molecule has 0 saturated carbocycles. The number of aromatic nitrogens is 2. The summed E-state index contributed by atoms with van der Waals surface area (Å²) in [4.78, 5) is 30.9. The summed E-state index contributed by atoms with van der Waals surface area (Å²) in [5, 5.41) is 10.0. The molecule has 2 aromatic rings. The van der Waals surface area contributed by atoms with Crippen LogP contribution in [0.5, 0.6) is 0 Å². The highest BCUT2D eigenvalue weighted by Crippen LogP contribution is 2.34. The van der Waals surface area contributed by atoms with E-state index in [2.05, 4.69) is 4.98 Å². The van der Waals surface area contributed by atoms with Gasteiger partial charge in [-0.05, 0) is 52.0 Å². The van der Waals surface area contributed by atoms with Gasteiger partial charge in [-0.2, -0.15) is 0 Å². The predicted octanol–water partition coefficient (Wildman–Crippen LogP) is 2.76. The first-order chi connectivity index (χ1) is 10.3. The zero-order valence-electron chi connectivity index (χ0n) is 13.1. The number of hydrogen-bond donors (Lipinski definition) is 1. The van der Waals surface area contributed by atoms with Gasteiger partial charge in [-0.15, -0.1) is 11.3 Å². The summed E-state index contributed by atoms with van der Waals surface area (Å²) < 4.78 is 1.53. The number of thiophene rings is 1. The van der Waals surface area contributed by atoms with E-state index in [4.69, 9.17) is 0 Å². The van der Waals surface area contributed by atoms with Gasteiger partial charge in [0.2, 0.25) is 0 Å². The summed E-state index contributed by atoms with van der Waals surface area (Å²) in [6, 6.07) is 0. The Balaban J connectivity index is 2.20. The lowest BCUT2D eigenvalue weighted by atomic mass is 9.93. The van der Waals surface area contributed by atoms with Crippen LogP contribution in [0.4, 0.5) is 0 Å². The first-order valence-corrected chi connectivity index (χ1v) is 8.38. The van der Waals surface area contributed by atoms with Crippen molar-refractivity contribution >= 4 is 27.5 Å². The molecule has 2 heterocycles. The summed E-state index contributed by atoms with van der Waals surface area (Å²) in [7, 11) is 0. The average molecular weight is 320 g/mol. The minimum absolute atomic E-state index is 0.0868. The Kier molecular flexibility index (Phi) is 3.59. The number of carbonyl (C=O) groups is 1. The first-order valence-electron chi connectivity index (χ1n) is 7.56. The van der Waals surface area contributed by atoms with E-state index in [0.717, 1.165) is 29.7 Å². The van der Waals surface area contributed by atoms with Crippen molar-refractivity contribution in [3.8, 4) is 0 Å². The molecule has 0 aliphatic heterocycles. The Bertz CT molecular complexity index is 817. The molecule has 0 bridgehead atoms. The third-order valence-corrected chi connectivity index (χ3v) is 5.58. The van der Waals surface area contributed by atoms with Gasteiger partial charge in [-0.1, -0.05) is 0 Å². The second-order valence-electron chi connectivity index (χ2n) is 6.63. The van der Waals surface area contributed by atoms with Gasteiger partial charge in [0.25, 0.3) is 5.56 Å². The zero-order valence-corrected chi connectivity index (χ0v) is 13.9. The number of fused-ring (bicyclic) bond motifs is 3. The van der Waals surface area contributed by atoms with Crippen LogP contribution in [0.25, 0.3) is 10.2 Å². The van der Waals surface area contributed by atoms with E-state index in [0.29, 0.717) is 11.2 Å². The van der Waals surface area contributed by atoms with Gasteiger partial charge < -0.3 is 5.11 Å². The standard InChI is InChI=1S/C16H20N2O3S/c1-9-17-13-12(10-6-4-5-7-11(10)22-13)14(19)18(9)8-16(2,3)15(20)21/h4-8H2,1-3H3,(H,20,21). The molecule has 0 spiro atoms. The van der Waals surface area contributed by atoms with Crippen molar-refractivity contribution in [3.63, 3.8) is 0 Å². The molecule has 0 fully saturated rings. The molecule has 6 heteroatoms. The van der Waals surface area contributed by atoms with Crippen molar-refractivity contribution in [2.24, 2.45) is 5.41 Å². The van der Waals surface area contributed by atoms with Crippen LogP contribution in [0.2, 0.25) is 0 Å². The van der Waals surface area contributed by atoms with E-state index < -0.39 is 11.4 Å². The summed E-state index contributed by atoms with van der Waals surface area (Å²) in [6.07, 6.45) is 4.22. The highest BCUT2D eigenvalue weighted by molar-refractivity contribution is 7.18. The van der Waals surface area contributed by atoms with E-state index in [1.54, 1.807) is 32.1 Å². The molecular formula is C16H20N2O3S. The second-order valence-corrected chi connectivity index (χ2v) is 7.71.